The lowest BCUT2D eigenvalue weighted by atomic mass is 10.0. The fourth-order valence-electron chi connectivity index (χ4n) is 3.09. The average molecular weight is 356 g/mol. The SMILES string of the molecule is Cc1ccc(-c2cc(C(=O)N[C@H](C)c3ncc[nH]3)c3ccccc3n2)cc1. The van der Waals surface area contributed by atoms with Gasteiger partial charge in [-0.25, -0.2) is 9.97 Å². The Hall–Kier alpha value is -3.47. The molecule has 4 aromatic rings. The molecule has 2 heterocycles. The van der Waals surface area contributed by atoms with Crippen LogP contribution < -0.4 is 5.32 Å². The molecular formula is C22H20N4O. The molecule has 2 N–H and O–H groups in total. The lowest BCUT2D eigenvalue weighted by Crippen LogP contribution is -2.27. The quantitative estimate of drug-likeness (QED) is 0.568. The molecule has 0 aliphatic rings. The Morgan fingerprint density at radius 1 is 1.11 bits per heavy atom. The molecule has 0 aliphatic carbocycles. The Bertz CT molecular complexity index is 1090. The predicted octanol–water partition coefficient (Wildman–Crippen LogP) is 4.42. The van der Waals surface area contributed by atoms with Gasteiger partial charge in [0.1, 0.15) is 5.82 Å². The first kappa shape index (κ1) is 17.0. The number of fused-ring (bicyclic) bond motifs is 1. The minimum Gasteiger partial charge on any atom is -0.347 e. The van der Waals surface area contributed by atoms with Gasteiger partial charge in [0.05, 0.1) is 22.8 Å². The molecular weight excluding hydrogens is 336 g/mol. The summed E-state index contributed by atoms with van der Waals surface area (Å²) < 4.78 is 0. The normalized spacial score (nSPS) is 12.1. The number of aryl methyl sites for hydroxylation is 1. The third kappa shape index (κ3) is 3.44. The Labute approximate surface area is 157 Å². The van der Waals surface area contributed by atoms with Gasteiger partial charge in [-0.3, -0.25) is 4.79 Å². The first-order valence-corrected chi connectivity index (χ1v) is 8.89. The van der Waals surface area contributed by atoms with Crippen LogP contribution in [0.4, 0.5) is 0 Å². The Balaban J connectivity index is 1.76. The van der Waals surface area contributed by atoms with Gasteiger partial charge in [0, 0.05) is 23.3 Å². The fourth-order valence-corrected chi connectivity index (χ4v) is 3.09. The average Bonchev–Trinajstić information content (AvgIpc) is 3.22. The van der Waals surface area contributed by atoms with Gasteiger partial charge in [0.2, 0.25) is 0 Å². The molecule has 0 fully saturated rings. The summed E-state index contributed by atoms with van der Waals surface area (Å²) in [6.45, 7) is 3.95. The number of imidazole rings is 1. The number of benzene rings is 2. The van der Waals surface area contributed by atoms with Crippen LogP contribution in [-0.2, 0) is 0 Å². The van der Waals surface area contributed by atoms with E-state index >= 15 is 0 Å². The van der Waals surface area contributed by atoms with Crippen LogP contribution in [0.25, 0.3) is 22.2 Å². The van der Waals surface area contributed by atoms with E-state index in [-0.39, 0.29) is 11.9 Å². The van der Waals surface area contributed by atoms with Crippen molar-refractivity contribution in [2.24, 2.45) is 0 Å². The van der Waals surface area contributed by atoms with E-state index in [0.29, 0.717) is 5.56 Å². The van der Waals surface area contributed by atoms with Gasteiger partial charge < -0.3 is 10.3 Å². The zero-order valence-corrected chi connectivity index (χ0v) is 15.2. The number of hydrogen-bond acceptors (Lipinski definition) is 3. The zero-order chi connectivity index (χ0) is 18.8. The highest BCUT2D eigenvalue weighted by molar-refractivity contribution is 6.07. The molecule has 2 aromatic carbocycles. The van der Waals surface area contributed by atoms with Gasteiger partial charge in [-0.05, 0) is 26.0 Å². The number of H-pyrrole nitrogens is 1. The van der Waals surface area contributed by atoms with Crippen LogP contribution in [0.5, 0.6) is 0 Å². The summed E-state index contributed by atoms with van der Waals surface area (Å²) in [7, 11) is 0. The highest BCUT2D eigenvalue weighted by Gasteiger charge is 2.17. The van der Waals surface area contributed by atoms with Crippen molar-refractivity contribution < 1.29 is 4.79 Å². The van der Waals surface area contributed by atoms with Gasteiger partial charge in [-0.1, -0.05) is 48.0 Å². The second kappa shape index (κ2) is 7.03. The van der Waals surface area contributed by atoms with Crippen molar-refractivity contribution in [1.82, 2.24) is 20.3 Å². The van der Waals surface area contributed by atoms with Gasteiger partial charge in [-0.15, -0.1) is 0 Å². The summed E-state index contributed by atoms with van der Waals surface area (Å²) in [5.41, 5.74) is 4.36. The maximum Gasteiger partial charge on any atom is 0.252 e. The van der Waals surface area contributed by atoms with Gasteiger partial charge in [0.25, 0.3) is 5.91 Å². The number of pyridine rings is 1. The summed E-state index contributed by atoms with van der Waals surface area (Å²) in [5, 5.41) is 3.85. The van der Waals surface area contributed by atoms with Gasteiger partial charge in [0.15, 0.2) is 0 Å². The maximum absolute atomic E-state index is 13.0. The lowest BCUT2D eigenvalue weighted by molar-refractivity contribution is 0.0940. The second-order valence-electron chi connectivity index (χ2n) is 6.61. The summed E-state index contributed by atoms with van der Waals surface area (Å²) in [6, 6.07) is 17.5. The number of amides is 1. The largest absolute Gasteiger partial charge is 0.347 e. The highest BCUT2D eigenvalue weighted by Crippen LogP contribution is 2.25. The number of aromatic amines is 1. The van der Waals surface area contributed by atoms with Gasteiger partial charge >= 0.3 is 0 Å². The molecule has 0 bridgehead atoms. The van der Waals surface area contributed by atoms with Crippen molar-refractivity contribution in [3.05, 3.63) is 83.9 Å². The molecule has 0 spiro atoms. The van der Waals surface area contributed by atoms with Crippen molar-refractivity contribution in [3.8, 4) is 11.3 Å². The van der Waals surface area contributed by atoms with E-state index in [9.17, 15) is 4.79 Å². The molecule has 0 radical (unpaired) electrons. The van der Waals surface area contributed by atoms with Crippen molar-refractivity contribution in [3.63, 3.8) is 0 Å². The third-order valence-corrected chi connectivity index (χ3v) is 4.59. The van der Waals surface area contributed by atoms with Crippen LogP contribution >= 0.6 is 0 Å². The topological polar surface area (TPSA) is 70.7 Å². The number of carbonyl (C=O) groups excluding carboxylic acids is 1. The first-order valence-electron chi connectivity index (χ1n) is 8.89. The number of carbonyl (C=O) groups is 1. The minimum atomic E-state index is -0.220. The molecule has 0 unspecified atom stereocenters. The summed E-state index contributed by atoms with van der Waals surface area (Å²) in [4.78, 5) is 25.0. The van der Waals surface area contributed by atoms with E-state index in [1.807, 2.05) is 68.4 Å². The second-order valence-corrected chi connectivity index (χ2v) is 6.61. The van der Waals surface area contributed by atoms with Crippen LogP contribution in [-0.4, -0.2) is 20.9 Å². The smallest absolute Gasteiger partial charge is 0.252 e. The number of para-hydroxylation sites is 1. The number of nitrogens with zero attached hydrogens (tertiary/aromatic N) is 2. The van der Waals surface area contributed by atoms with Gasteiger partial charge in [-0.2, -0.15) is 0 Å². The Morgan fingerprint density at radius 2 is 1.89 bits per heavy atom. The van der Waals surface area contributed by atoms with Crippen LogP contribution in [0.1, 0.15) is 34.7 Å². The molecule has 0 saturated heterocycles. The molecule has 4 rings (SSSR count). The van der Waals surface area contributed by atoms with E-state index in [4.69, 9.17) is 4.98 Å². The van der Waals surface area contributed by atoms with E-state index in [1.165, 1.54) is 5.56 Å². The fraction of sp³-hybridized carbons (Fsp3) is 0.136. The van der Waals surface area contributed by atoms with Crippen molar-refractivity contribution in [2.45, 2.75) is 19.9 Å². The Kier molecular flexibility index (Phi) is 4.42. The monoisotopic (exact) mass is 356 g/mol. The summed E-state index contributed by atoms with van der Waals surface area (Å²) in [5.74, 6) is 0.575. The molecule has 1 amide bonds. The molecule has 27 heavy (non-hydrogen) atoms. The molecule has 134 valence electrons. The zero-order valence-electron chi connectivity index (χ0n) is 15.2. The van der Waals surface area contributed by atoms with Crippen molar-refractivity contribution >= 4 is 16.8 Å². The van der Waals surface area contributed by atoms with Crippen LogP contribution in [0, 0.1) is 6.92 Å². The molecule has 2 aromatic heterocycles. The van der Waals surface area contributed by atoms with E-state index in [2.05, 4.69) is 15.3 Å². The first-order chi connectivity index (χ1) is 13.1. The maximum atomic E-state index is 13.0. The predicted molar refractivity (Wildman–Crippen MR) is 106 cm³/mol. The number of aromatic nitrogens is 3. The molecule has 0 saturated carbocycles. The molecule has 5 nitrogen and oxygen atoms in total. The third-order valence-electron chi connectivity index (χ3n) is 4.59. The van der Waals surface area contributed by atoms with Crippen LogP contribution in [0.15, 0.2) is 67.0 Å². The van der Waals surface area contributed by atoms with Crippen molar-refractivity contribution in [1.29, 1.82) is 0 Å². The van der Waals surface area contributed by atoms with E-state index in [1.54, 1.807) is 12.4 Å². The summed E-state index contributed by atoms with van der Waals surface area (Å²) in [6.07, 6.45) is 3.42. The minimum absolute atomic E-state index is 0.147. The molecule has 5 heteroatoms. The van der Waals surface area contributed by atoms with E-state index in [0.717, 1.165) is 28.0 Å². The number of hydrogen-bond donors (Lipinski definition) is 2. The number of nitrogens with one attached hydrogen (secondary N) is 2. The van der Waals surface area contributed by atoms with Crippen molar-refractivity contribution in [2.75, 3.05) is 0 Å². The Morgan fingerprint density at radius 3 is 2.63 bits per heavy atom. The summed E-state index contributed by atoms with van der Waals surface area (Å²) >= 11 is 0. The lowest BCUT2D eigenvalue weighted by Gasteiger charge is -2.14. The van der Waals surface area contributed by atoms with E-state index < -0.39 is 0 Å². The molecule has 1 atom stereocenters. The van der Waals surface area contributed by atoms with Crippen LogP contribution in [0.2, 0.25) is 0 Å². The molecule has 0 aliphatic heterocycles. The van der Waals surface area contributed by atoms with Crippen LogP contribution in [0.3, 0.4) is 0 Å². The number of rotatable bonds is 4. The highest BCUT2D eigenvalue weighted by atomic mass is 16.1. The standard InChI is InChI=1S/C22H20N4O/c1-14-7-9-16(10-8-14)20-13-18(17-5-3-4-6-19(17)26-20)22(27)25-15(2)21-23-11-12-24-21/h3-13,15H,1-2H3,(H,23,24)(H,25,27)/t15-/m1/s1.